The Balaban J connectivity index is 1.94. The van der Waals surface area contributed by atoms with Crippen LogP contribution >= 0.6 is 11.8 Å². The van der Waals surface area contributed by atoms with E-state index in [9.17, 15) is 9.18 Å². The van der Waals surface area contributed by atoms with Crippen LogP contribution in [0.3, 0.4) is 0 Å². The Bertz CT molecular complexity index is 585. The van der Waals surface area contributed by atoms with E-state index in [4.69, 9.17) is 0 Å². The lowest BCUT2D eigenvalue weighted by Gasteiger charge is -2.08. The second-order valence-electron chi connectivity index (χ2n) is 4.83. The number of carbonyl (C=O) groups excluding carboxylic acids is 1. The van der Waals surface area contributed by atoms with Crippen molar-refractivity contribution in [3.8, 4) is 0 Å². The van der Waals surface area contributed by atoms with E-state index in [-0.39, 0.29) is 11.6 Å². The second kappa shape index (κ2) is 6.71. The Labute approximate surface area is 123 Å². The highest BCUT2D eigenvalue weighted by atomic mass is 32.2. The van der Waals surface area contributed by atoms with Crippen molar-refractivity contribution in [1.29, 1.82) is 0 Å². The summed E-state index contributed by atoms with van der Waals surface area (Å²) in [4.78, 5) is 13.0. The first-order chi connectivity index (χ1) is 9.56. The van der Waals surface area contributed by atoms with Crippen molar-refractivity contribution >= 4 is 17.5 Å². The van der Waals surface area contributed by atoms with Gasteiger partial charge in [-0.25, -0.2) is 4.39 Å². The third-order valence-electron chi connectivity index (χ3n) is 3.23. The Kier molecular flexibility index (Phi) is 4.96. The van der Waals surface area contributed by atoms with Gasteiger partial charge in [-0.1, -0.05) is 18.2 Å². The molecule has 0 aromatic heterocycles. The molecular formula is C17H17FOS. The van der Waals surface area contributed by atoms with Crippen LogP contribution in [0.1, 0.15) is 16.7 Å². The first-order valence-corrected chi connectivity index (χ1v) is 7.50. The lowest BCUT2D eigenvalue weighted by molar-refractivity contribution is -0.116. The average Bonchev–Trinajstić information content (AvgIpc) is 2.42. The van der Waals surface area contributed by atoms with Crippen molar-refractivity contribution in [2.24, 2.45) is 0 Å². The maximum absolute atomic E-state index is 12.8. The highest BCUT2D eigenvalue weighted by Crippen LogP contribution is 2.20. The summed E-state index contributed by atoms with van der Waals surface area (Å²) in [7, 11) is 0. The molecular weight excluding hydrogens is 271 g/mol. The molecule has 2 aromatic rings. The van der Waals surface area contributed by atoms with Crippen LogP contribution < -0.4 is 0 Å². The van der Waals surface area contributed by atoms with Crippen molar-refractivity contribution in [2.45, 2.75) is 25.2 Å². The standard InChI is InChI=1S/C17H17FOS/c1-12-4-3-5-13(2)17(12)10-15(19)11-20-16-8-6-14(18)7-9-16/h3-9H,10-11H2,1-2H3. The van der Waals surface area contributed by atoms with Crippen LogP contribution in [-0.4, -0.2) is 11.5 Å². The van der Waals surface area contributed by atoms with E-state index < -0.39 is 0 Å². The van der Waals surface area contributed by atoms with Gasteiger partial charge in [-0.3, -0.25) is 4.79 Å². The fourth-order valence-electron chi connectivity index (χ4n) is 2.07. The third-order valence-corrected chi connectivity index (χ3v) is 4.30. The van der Waals surface area contributed by atoms with Crippen molar-refractivity contribution in [3.05, 3.63) is 65.0 Å². The number of aryl methyl sites for hydroxylation is 2. The number of Topliss-reactive ketones (excluding diaryl/α,β-unsaturated/α-hetero) is 1. The normalized spacial score (nSPS) is 10.6. The predicted octanol–water partition coefficient (Wildman–Crippen LogP) is 4.35. The third kappa shape index (κ3) is 3.94. The van der Waals surface area contributed by atoms with Crippen molar-refractivity contribution in [1.82, 2.24) is 0 Å². The van der Waals surface area contributed by atoms with E-state index >= 15 is 0 Å². The van der Waals surface area contributed by atoms with E-state index in [1.807, 2.05) is 32.0 Å². The fourth-order valence-corrected chi connectivity index (χ4v) is 2.83. The van der Waals surface area contributed by atoms with Gasteiger partial charge in [0.1, 0.15) is 11.6 Å². The molecule has 0 atom stereocenters. The van der Waals surface area contributed by atoms with Gasteiger partial charge in [-0.15, -0.1) is 11.8 Å². The number of hydrogen-bond acceptors (Lipinski definition) is 2. The zero-order valence-electron chi connectivity index (χ0n) is 11.7. The van der Waals surface area contributed by atoms with Gasteiger partial charge in [0.15, 0.2) is 0 Å². The molecule has 0 amide bonds. The summed E-state index contributed by atoms with van der Waals surface area (Å²) in [5, 5.41) is 0. The van der Waals surface area contributed by atoms with E-state index in [1.165, 1.54) is 23.9 Å². The van der Waals surface area contributed by atoms with Crippen LogP contribution in [-0.2, 0) is 11.2 Å². The monoisotopic (exact) mass is 288 g/mol. The van der Waals surface area contributed by atoms with Crippen LogP contribution in [0.5, 0.6) is 0 Å². The summed E-state index contributed by atoms with van der Waals surface area (Å²) in [5.41, 5.74) is 3.44. The Morgan fingerprint density at radius 3 is 2.25 bits per heavy atom. The van der Waals surface area contributed by atoms with Gasteiger partial charge in [0.05, 0.1) is 5.75 Å². The minimum Gasteiger partial charge on any atom is -0.298 e. The van der Waals surface area contributed by atoms with Gasteiger partial charge in [0, 0.05) is 11.3 Å². The van der Waals surface area contributed by atoms with Crippen LogP contribution in [0.25, 0.3) is 0 Å². The molecule has 1 nitrogen and oxygen atoms in total. The van der Waals surface area contributed by atoms with E-state index in [1.54, 1.807) is 12.1 Å². The number of ketones is 1. The highest BCUT2D eigenvalue weighted by molar-refractivity contribution is 8.00. The van der Waals surface area contributed by atoms with Gasteiger partial charge in [-0.05, 0) is 54.8 Å². The second-order valence-corrected chi connectivity index (χ2v) is 5.88. The molecule has 3 heteroatoms. The Morgan fingerprint density at radius 1 is 1.05 bits per heavy atom. The fraction of sp³-hybridized carbons (Fsp3) is 0.235. The molecule has 0 bridgehead atoms. The Morgan fingerprint density at radius 2 is 1.65 bits per heavy atom. The molecule has 2 rings (SSSR count). The van der Waals surface area contributed by atoms with E-state index in [0.717, 1.165) is 21.6 Å². The number of benzene rings is 2. The molecule has 0 unspecified atom stereocenters. The molecule has 0 radical (unpaired) electrons. The van der Waals surface area contributed by atoms with Crippen molar-refractivity contribution < 1.29 is 9.18 Å². The van der Waals surface area contributed by atoms with Crippen molar-refractivity contribution in [2.75, 3.05) is 5.75 Å². The molecule has 0 N–H and O–H groups in total. The summed E-state index contributed by atoms with van der Waals surface area (Å²) in [5.74, 6) is 0.354. The predicted molar refractivity (Wildman–Crippen MR) is 81.8 cm³/mol. The minimum atomic E-state index is -0.254. The zero-order chi connectivity index (χ0) is 14.5. The SMILES string of the molecule is Cc1cccc(C)c1CC(=O)CSc1ccc(F)cc1. The number of halogens is 1. The summed E-state index contributed by atoms with van der Waals surface area (Å²) < 4.78 is 12.8. The average molecular weight is 288 g/mol. The molecule has 0 saturated carbocycles. The van der Waals surface area contributed by atoms with Crippen LogP contribution in [0.2, 0.25) is 0 Å². The quantitative estimate of drug-likeness (QED) is 0.761. The van der Waals surface area contributed by atoms with Crippen LogP contribution in [0, 0.1) is 19.7 Å². The summed E-state index contributed by atoms with van der Waals surface area (Å²) in [6.07, 6.45) is 0.465. The largest absolute Gasteiger partial charge is 0.298 e. The van der Waals surface area contributed by atoms with E-state index in [0.29, 0.717) is 12.2 Å². The summed E-state index contributed by atoms with van der Waals surface area (Å²) in [6, 6.07) is 12.3. The lowest BCUT2D eigenvalue weighted by atomic mass is 9.99. The van der Waals surface area contributed by atoms with Crippen LogP contribution in [0.4, 0.5) is 4.39 Å². The smallest absolute Gasteiger partial charge is 0.147 e. The molecule has 0 saturated heterocycles. The number of hydrogen-bond donors (Lipinski definition) is 0. The van der Waals surface area contributed by atoms with E-state index in [2.05, 4.69) is 0 Å². The van der Waals surface area contributed by atoms with Gasteiger partial charge in [0.2, 0.25) is 0 Å². The molecule has 0 aliphatic carbocycles. The van der Waals surface area contributed by atoms with Crippen LogP contribution in [0.15, 0.2) is 47.4 Å². The summed E-state index contributed by atoms with van der Waals surface area (Å²) in [6.45, 7) is 4.06. The number of thioether (sulfide) groups is 1. The number of rotatable bonds is 5. The molecule has 0 aliphatic heterocycles. The molecule has 0 spiro atoms. The molecule has 0 aliphatic rings. The van der Waals surface area contributed by atoms with Gasteiger partial charge in [0.25, 0.3) is 0 Å². The van der Waals surface area contributed by atoms with Crippen molar-refractivity contribution in [3.63, 3.8) is 0 Å². The number of carbonyl (C=O) groups is 1. The molecule has 104 valence electrons. The highest BCUT2D eigenvalue weighted by Gasteiger charge is 2.09. The zero-order valence-corrected chi connectivity index (χ0v) is 12.5. The maximum atomic E-state index is 12.8. The first kappa shape index (κ1) is 14.8. The molecule has 2 aromatic carbocycles. The van der Waals surface area contributed by atoms with Gasteiger partial charge < -0.3 is 0 Å². The maximum Gasteiger partial charge on any atom is 0.147 e. The summed E-state index contributed by atoms with van der Waals surface area (Å²) >= 11 is 1.45. The first-order valence-electron chi connectivity index (χ1n) is 6.51. The van der Waals surface area contributed by atoms with Gasteiger partial charge in [-0.2, -0.15) is 0 Å². The lowest BCUT2D eigenvalue weighted by Crippen LogP contribution is -2.08. The van der Waals surface area contributed by atoms with Gasteiger partial charge >= 0.3 is 0 Å². The molecule has 0 fully saturated rings. The molecule has 0 heterocycles. The minimum absolute atomic E-state index is 0.191. The topological polar surface area (TPSA) is 17.1 Å². The Hall–Kier alpha value is -1.61. The molecule has 20 heavy (non-hydrogen) atoms.